The van der Waals surface area contributed by atoms with Gasteiger partial charge in [-0.15, -0.1) is 0 Å². The van der Waals surface area contributed by atoms with Crippen LogP contribution in [0.1, 0.15) is 43.4 Å². The van der Waals surface area contributed by atoms with Crippen molar-refractivity contribution in [1.29, 1.82) is 0 Å². The van der Waals surface area contributed by atoms with E-state index in [1.54, 1.807) is 0 Å². The van der Waals surface area contributed by atoms with Crippen LogP contribution >= 0.6 is 0 Å². The average molecular weight is 390 g/mol. The summed E-state index contributed by atoms with van der Waals surface area (Å²) in [6, 6.07) is 17.0. The molecule has 2 N–H and O–H groups in total. The second-order valence-electron chi connectivity index (χ2n) is 8.74. The van der Waals surface area contributed by atoms with Crippen molar-refractivity contribution in [2.75, 3.05) is 13.1 Å². The monoisotopic (exact) mass is 389 g/mol. The molecule has 1 aromatic heterocycles. The summed E-state index contributed by atoms with van der Waals surface area (Å²) in [5, 5.41) is 4.44. The number of hydrogen-bond donors (Lipinski definition) is 2. The van der Waals surface area contributed by atoms with E-state index < -0.39 is 0 Å². The summed E-state index contributed by atoms with van der Waals surface area (Å²) < 4.78 is 0. The minimum absolute atomic E-state index is 0.0555. The fraction of sp³-hybridized carbons (Fsp3) is 0.400. The molecule has 2 heterocycles. The summed E-state index contributed by atoms with van der Waals surface area (Å²) in [5.41, 5.74) is 5.27. The van der Waals surface area contributed by atoms with Gasteiger partial charge in [0.15, 0.2) is 0 Å². The first-order chi connectivity index (χ1) is 14.0. The van der Waals surface area contributed by atoms with Gasteiger partial charge < -0.3 is 10.3 Å². The number of benzene rings is 2. The molecule has 29 heavy (non-hydrogen) atoms. The summed E-state index contributed by atoms with van der Waals surface area (Å²) >= 11 is 0. The molecule has 0 bridgehead atoms. The molecule has 152 valence electrons. The number of rotatable bonds is 7. The van der Waals surface area contributed by atoms with Crippen LogP contribution < -0.4 is 5.32 Å². The number of H-pyrrole nitrogens is 1. The highest BCUT2D eigenvalue weighted by atomic mass is 16.1. The molecule has 3 aromatic rings. The number of para-hydroxylation sites is 1. The Hall–Kier alpha value is -2.59. The number of hydrogen-bond acceptors (Lipinski definition) is 2. The highest BCUT2D eigenvalue weighted by molar-refractivity contribution is 5.83. The Morgan fingerprint density at radius 2 is 1.86 bits per heavy atom. The Balaban J connectivity index is 1.25. The van der Waals surface area contributed by atoms with Gasteiger partial charge in [0.1, 0.15) is 0 Å². The van der Waals surface area contributed by atoms with E-state index in [2.05, 4.69) is 77.7 Å². The zero-order valence-electron chi connectivity index (χ0n) is 17.5. The molecule has 0 fully saturated rings. The number of fused-ring (bicyclic) bond motifs is 2. The number of aromatic nitrogens is 1. The topological polar surface area (TPSA) is 48.1 Å². The first-order valence-corrected chi connectivity index (χ1v) is 10.7. The molecular weight excluding hydrogens is 358 g/mol. The summed E-state index contributed by atoms with van der Waals surface area (Å²) in [5.74, 6) is 0.148. The van der Waals surface area contributed by atoms with Gasteiger partial charge in [0.05, 0.1) is 0 Å². The number of nitrogens with zero attached hydrogens (tertiary/aromatic N) is 1. The van der Waals surface area contributed by atoms with Crippen molar-refractivity contribution >= 4 is 16.8 Å². The van der Waals surface area contributed by atoms with Crippen molar-refractivity contribution in [2.45, 2.75) is 51.6 Å². The normalized spacial score (nSPS) is 14.7. The Kier molecular flexibility index (Phi) is 5.72. The van der Waals surface area contributed by atoms with E-state index in [0.717, 1.165) is 37.9 Å². The number of nitrogens with one attached hydrogen (secondary N) is 2. The first-order valence-electron chi connectivity index (χ1n) is 10.7. The minimum Gasteiger partial charge on any atom is -0.361 e. The number of aromatic amines is 1. The molecule has 0 aliphatic carbocycles. The van der Waals surface area contributed by atoms with Crippen LogP contribution in [0.15, 0.2) is 54.7 Å². The molecule has 1 aliphatic heterocycles. The summed E-state index contributed by atoms with van der Waals surface area (Å²) in [7, 11) is 0. The van der Waals surface area contributed by atoms with Crippen LogP contribution in [0.5, 0.6) is 0 Å². The van der Waals surface area contributed by atoms with Crippen molar-refractivity contribution in [3.8, 4) is 0 Å². The fourth-order valence-electron chi connectivity index (χ4n) is 4.31. The van der Waals surface area contributed by atoms with E-state index in [1.807, 2.05) is 6.07 Å². The van der Waals surface area contributed by atoms with Crippen LogP contribution in [-0.2, 0) is 24.2 Å². The van der Waals surface area contributed by atoms with E-state index in [4.69, 9.17) is 0 Å². The fourth-order valence-corrected chi connectivity index (χ4v) is 4.31. The summed E-state index contributed by atoms with van der Waals surface area (Å²) in [6.45, 7) is 7.14. The highest BCUT2D eigenvalue weighted by Crippen LogP contribution is 2.25. The van der Waals surface area contributed by atoms with Crippen LogP contribution in [0.3, 0.4) is 0 Å². The number of carbonyl (C=O) groups excluding carboxylic acids is 1. The second-order valence-corrected chi connectivity index (χ2v) is 8.74. The number of carbonyl (C=O) groups is 1. The Labute approximate surface area is 173 Å². The van der Waals surface area contributed by atoms with Gasteiger partial charge in [-0.3, -0.25) is 9.69 Å². The van der Waals surface area contributed by atoms with Gasteiger partial charge in [0, 0.05) is 48.7 Å². The zero-order valence-corrected chi connectivity index (χ0v) is 17.5. The lowest BCUT2D eigenvalue weighted by atomic mass is 9.94. The van der Waals surface area contributed by atoms with E-state index >= 15 is 0 Å². The maximum atomic E-state index is 12.4. The molecule has 4 rings (SSSR count). The smallest absolute Gasteiger partial charge is 0.220 e. The van der Waals surface area contributed by atoms with Gasteiger partial charge >= 0.3 is 0 Å². The van der Waals surface area contributed by atoms with Crippen LogP contribution in [0.2, 0.25) is 0 Å². The molecule has 4 nitrogen and oxygen atoms in total. The largest absolute Gasteiger partial charge is 0.361 e. The van der Waals surface area contributed by atoms with E-state index in [1.165, 1.54) is 22.1 Å². The minimum atomic E-state index is -0.0555. The molecule has 1 aliphatic rings. The molecular formula is C25H31N3O. The predicted octanol–water partition coefficient (Wildman–Crippen LogP) is 4.44. The van der Waals surface area contributed by atoms with E-state index in [9.17, 15) is 4.79 Å². The predicted molar refractivity (Wildman–Crippen MR) is 119 cm³/mol. The average Bonchev–Trinajstić information content (AvgIpc) is 3.15. The Bertz CT molecular complexity index is 988. The molecule has 0 saturated carbocycles. The van der Waals surface area contributed by atoms with Crippen LogP contribution in [-0.4, -0.2) is 34.4 Å². The summed E-state index contributed by atoms with van der Waals surface area (Å²) in [4.78, 5) is 18.2. The number of aryl methyl sites for hydroxylation is 1. The third-order valence-electron chi connectivity index (χ3n) is 6.23. The van der Waals surface area contributed by atoms with Crippen LogP contribution in [0.25, 0.3) is 10.9 Å². The van der Waals surface area contributed by atoms with E-state index in [-0.39, 0.29) is 11.4 Å². The Morgan fingerprint density at radius 3 is 2.72 bits per heavy atom. The van der Waals surface area contributed by atoms with Gasteiger partial charge in [-0.25, -0.2) is 0 Å². The van der Waals surface area contributed by atoms with Gasteiger partial charge in [0.25, 0.3) is 0 Å². The third-order valence-corrected chi connectivity index (χ3v) is 6.23. The quantitative estimate of drug-likeness (QED) is 0.627. The number of amides is 1. The van der Waals surface area contributed by atoms with Crippen molar-refractivity contribution in [1.82, 2.24) is 15.2 Å². The van der Waals surface area contributed by atoms with Gasteiger partial charge in [-0.2, -0.15) is 0 Å². The lowest BCUT2D eigenvalue weighted by Gasteiger charge is -2.41. The molecule has 0 radical (unpaired) electrons. The first kappa shape index (κ1) is 19.7. The van der Waals surface area contributed by atoms with Crippen molar-refractivity contribution in [3.05, 3.63) is 71.4 Å². The molecule has 0 unspecified atom stereocenters. The summed E-state index contributed by atoms with van der Waals surface area (Å²) in [6.07, 6.45) is 5.51. The molecule has 1 amide bonds. The van der Waals surface area contributed by atoms with Gasteiger partial charge in [-0.1, -0.05) is 42.5 Å². The molecule has 0 saturated heterocycles. The maximum absolute atomic E-state index is 12.4. The lowest BCUT2D eigenvalue weighted by Crippen LogP contribution is -2.53. The molecule has 0 spiro atoms. The SMILES string of the molecule is CC(C)(CNC(=O)CCCc1c[nH]c2ccccc12)N1CCc2ccccc2C1. The van der Waals surface area contributed by atoms with Gasteiger partial charge in [-0.05, 0) is 55.9 Å². The van der Waals surface area contributed by atoms with Crippen molar-refractivity contribution in [2.24, 2.45) is 0 Å². The van der Waals surface area contributed by atoms with Crippen LogP contribution in [0.4, 0.5) is 0 Å². The standard InChI is InChI=1S/C25H31N3O/c1-25(2,28-15-14-19-8-3-4-9-21(19)17-28)18-27-24(29)13-7-10-20-16-26-23-12-6-5-11-22(20)23/h3-6,8-9,11-12,16,26H,7,10,13-15,17-18H2,1-2H3,(H,27,29). The van der Waals surface area contributed by atoms with Crippen LogP contribution in [0, 0.1) is 0 Å². The third kappa shape index (κ3) is 4.54. The van der Waals surface area contributed by atoms with Crippen molar-refractivity contribution in [3.63, 3.8) is 0 Å². The maximum Gasteiger partial charge on any atom is 0.220 e. The van der Waals surface area contributed by atoms with Crippen molar-refractivity contribution < 1.29 is 4.79 Å². The van der Waals surface area contributed by atoms with Gasteiger partial charge in [0.2, 0.25) is 5.91 Å². The molecule has 2 aromatic carbocycles. The molecule has 4 heteroatoms. The highest BCUT2D eigenvalue weighted by Gasteiger charge is 2.29. The van der Waals surface area contributed by atoms with E-state index in [0.29, 0.717) is 13.0 Å². The molecule has 0 atom stereocenters. The second kappa shape index (κ2) is 8.42. The lowest BCUT2D eigenvalue weighted by molar-refractivity contribution is -0.121. The Morgan fingerprint density at radius 1 is 1.10 bits per heavy atom. The zero-order chi connectivity index (χ0) is 20.3.